The summed E-state index contributed by atoms with van der Waals surface area (Å²) in [6.45, 7) is 0.797. The number of benzene rings is 2. The lowest BCUT2D eigenvalue weighted by Crippen LogP contribution is -2.46. The molecule has 0 spiro atoms. The predicted octanol–water partition coefficient (Wildman–Crippen LogP) is 3.15. The Bertz CT molecular complexity index is 869. The summed E-state index contributed by atoms with van der Waals surface area (Å²) in [5.41, 5.74) is 1.01. The standard InChI is InChI=1S/C19H21ClN2O3S/c1-21(14-15-6-3-2-4-7-15)19(23)18-8-5-13-22(18)26(24,25)17-11-9-16(20)10-12-17/h2-4,6-7,9-12,18H,5,8,13-14H2,1H3/t18-/m1/s1. The van der Waals surface area contributed by atoms with E-state index in [1.54, 1.807) is 24.1 Å². The average molecular weight is 393 g/mol. The topological polar surface area (TPSA) is 57.7 Å². The Morgan fingerprint density at radius 1 is 1.15 bits per heavy atom. The van der Waals surface area contributed by atoms with Gasteiger partial charge in [-0.05, 0) is 42.7 Å². The minimum atomic E-state index is -3.73. The van der Waals surface area contributed by atoms with E-state index in [-0.39, 0.29) is 10.8 Å². The Morgan fingerprint density at radius 2 is 1.81 bits per heavy atom. The van der Waals surface area contributed by atoms with Gasteiger partial charge in [-0.2, -0.15) is 4.31 Å². The number of hydrogen-bond donors (Lipinski definition) is 0. The van der Waals surface area contributed by atoms with Crippen LogP contribution in [0.25, 0.3) is 0 Å². The molecular weight excluding hydrogens is 372 g/mol. The maximum absolute atomic E-state index is 13.0. The zero-order valence-corrected chi connectivity index (χ0v) is 16.1. The van der Waals surface area contributed by atoms with Crippen LogP contribution in [0.2, 0.25) is 5.02 Å². The molecule has 1 saturated heterocycles. The largest absolute Gasteiger partial charge is 0.340 e. The van der Waals surface area contributed by atoms with E-state index in [4.69, 9.17) is 11.6 Å². The molecule has 7 heteroatoms. The van der Waals surface area contributed by atoms with Gasteiger partial charge < -0.3 is 4.90 Å². The van der Waals surface area contributed by atoms with Gasteiger partial charge in [0.1, 0.15) is 6.04 Å². The van der Waals surface area contributed by atoms with Gasteiger partial charge in [0.25, 0.3) is 0 Å². The number of amides is 1. The molecule has 3 rings (SSSR count). The second-order valence-electron chi connectivity index (χ2n) is 6.41. The number of likely N-dealkylation sites (N-methyl/N-ethyl adjacent to an activating group) is 1. The summed E-state index contributed by atoms with van der Waals surface area (Å²) in [5, 5.41) is 0.473. The summed E-state index contributed by atoms with van der Waals surface area (Å²) >= 11 is 5.85. The molecule has 0 bridgehead atoms. The molecule has 0 saturated carbocycles. The lowest BCUT2D eigenvalue weighted by atomic mass is 10.1. The number of sulfonamides is 1. The minimum Gasteiger partial charge on any atom is -0.340 e. The summed E-state index contributed by atoms with van der Waals surface area (Å²) in [4.78, 5) is 14.6. The van der Waals surface area contributed by atoms with E-state index in [9.17, 15) is 13.2 Å². The van der Waals surface area contributed by atoms with Crippen molar-refractivity contribution in [1.29, 1.82) is 0 Å². The van der Waals surface area contributed by atoms with E-state index in [0.29, 0.717) is 31.0 Å². The first kappa shape index (κ1) is 18.9. The summed E-state index contributed by atoms with van der Waals surface area (Å²) in [6.07, 6.45) is 1.20. The van der Waals surface area contributed by atoms with Crippen molar-refractivity contribution in [2.24, 2.45) is 0 Å². The molecule has 0 aliphatic carbocycles. The minimum absolute atomic E-state index is 0.160. The third-order valence-corrected chi connectivity index (χ3v) is 6.72. The molecule has 0 N–H and O–H groups in total. The van der Waals surface area contributed by atoms with Gasteiger partial charge in [-0.1, -0.05) is 41.9 Å². The highest BCUT2D eigenvalue weighted by molar-refractivity contribution is 7.89. The van der Waals surface area contributed by atoms with Crippen molar-refractivity contribution < 1.29 is 13.2 Å². The maximum Gasteiger partial charge on any atom is 0.243 e. The van der Waals surface area contributed by atoms with E-state index < -0.39 is 16.1 Å². The molecule has 26 heavy (non-hydrogen) atoms. The fourth-order valence-corrected chi connectivity index (χ4v) is 4.98. The van der Waals surface area contributed by atoms with Gasteiger partial charge in [-0.25, -0.2) is 8.42 Å². The van der Waals surface area contributed by atoms with Crippen molar-refractivity contribution in [2.75, 3.05) is 13.6 Å². The molecule has 1 aliphatic heterocycles. The zero-order chi connectivity index (χ0) is 18.7. The van der Waals surface area contributed by atoms with Crippen LogP contribution in [-0.4, -0.2) is 43.2 Å². The maximum atomic E-state index is 13.0. The molecular formula is C19H21ClN2O3S. The molecule has 1 atom stereocenters. The molecule has 138 valence electrons. The molecule has 1 heterocycles. The monoisotopic (exact) mass is 392 g/mol. The van der Waals surface area contributed by atoms with Crippen LogP contribution in [0, 0.1) is 0 Å². The van der Waals surface area contributed by atoms with Crippen LogP contribution in [0.4, 0.5) is 0 Å². The molecule has 0 aromatic heterocycles. The first-order valence-electron chi connectivity index (χ1n) is 8.46. The Hall–Kier alpha value is -1.89. The van der Waals surface area contributed by atoms with Crippen LogP contribution in [0.1, 0.15) is 18.4 Å². The Morgan fingerprint density at radius 3 is 2.46 bits per heavy atom. The van der Waals surface area contributed by atoms with Crippen molar-refractivity contribution in [1.82, 2.24) is 9.21 Å². The van der Waals surface area contributed by atoms with E-state index in [2.05, 4.69) is 0 Å². The van der Waals surface area contributed by atoms with Crippen molar-refractivity contribution in [3.8, 4) is 0 Å². The fraction of sp³-hybridized carbons (Fsp3) is 0.316. The number of halogens is 1. The summed E-state index contributed by atoms with van der Waals surface area (Å²) in [7, 11) is -2.02. The lowest BCUT2D eigenvalue weighted by molar-refractivity contribution is -0.133. The molecule has 1 fully saturated rings. The van der Waals surface area contributed by atoms with E-state index in [1.807, 2.05) is 30.3 Å². The first-order valence-corrected chi connectivity index (χ1v) is 10.3. The van der Waals surface area contributed by atoms with Gasteiger partial charge in [0.05, 0.1) is 4.90 Å². The summed E-state index contributed by atoms with van der Waals surface area (Å²) < 4.78 is 27.2. The first-order chi connectivity index (χ1) is 12.4. The van der Waals surface area contributed by atoms with Gasteiger partial charge in [0.15, 0.2) is 0 Å². The number of carbonyl (C=O) groups excluding carboxylic acids is 1. The van der Waals surface area contributed by atoms with Crippen molar-refractivity contribution in [3.05, 3.63) is 65.2 Å². The number of rotatable bonds is 5. The number of carbonyl (C=O) groups is 1. The van der Waals surface area contributed by atoms with Gasteiger partial charge in [0.2, 0.25) is 15.9 Å². The second-order valence-corrected chi connectivity index (χ2v) is 8.73. The van der Waals surface area contributed by atoms with Gasteiger partial charge in [0, 0.05) is 25.2 Å². The Labute approximate surface area is 159 Å². The molecule has 1 amide bonds. The lowest BCUT2D eigenvalue weighted by Gasteiger charge is -2.27. The van der Waals surface area contributed by atoms with E-state index >= 15 is 0 Å². The summed E-state index contributed by atoms with van der Waals surface area (Å²) in [6, 6.07) is 15.0. The average Bonchev–Trinajstić information content (AvgIpc) is 3.13. The normalized spacial score (nSPS) is 18.0. The SMILES string of the molecule is CN(Cc1ccccc1)C(=O)[C@H]1CCCN1S(=O)(=O)c1ccc(Cl)cc1. The van der Waals surface area contributed by atoms with Crippen LogP contribution in [0.5, 0.6) is 0 Å². The van der Waals surface area contributed by atoms with Crippen LogP contribution in [-0.2, 0) is 21.4 Å². The number of nitrogens with zero attached hydrogens (tertiary/aromatic N) is 2. The van der Waals surface area contributed by atoms with Crippen LogP contribution in [0.15, 0.2) is 59.5 Å². The third kappa shape index (κ3) is 3.92. The quantitative estimate of drug-likeness (QED) is 0.785. The summed E-state index contributed by atoms with van der Waals surface area (Å²) in [5.74, 6) is -0.177. The molecule has 1 aliphatic rings. The highest BCUT2D eigenvalue weighted by atomic mass is 35.5. The van der Waals surface area contributed by atoms with Crippen molar-refractivity contribution >= 4 is 27.5 Å². The predicted molar refractivity (Wildman–Crippen MR) is 101 cm³/mol. The molecule has 2 aromatic carbocycles. The Kier molecular flexibility index (Phi) is 5.65. The van der Waals surface area contributed by atoms with Crippen LogP contribution in [0.3, 0.4) is 0 Å². The smallest absolute Gasteiger partial charge is 0.243 e. The van der Waals surface area contributed by atoms with Crippen molar-refractivity contribution in [3.63, 3.8) is 0 Å². The Balaban J connectivity index is 1.78. The van der Waals surface area contributed by atoms with Crippen molar-refractivity contribution in [2.45, 2.75) is 30.3 Å². The molecule has 2 aromatic rings. The van der Waals surface area contributed by atoms with Gasteiger partial charge in [-0.3, -0.25) is 4.79 Å². The third-order valence-electron chi connectivity index (χ3n) is 4.55. The molecule has 0 radical (unpaired) electrons. The van der Waals surface area contributed by atoms with Gasteiger partial charge in [-0.15, -0.1) is 0 Å². The second kappa shape index (κ2) is 7.78. The highest BCUT2D eigenvalue weighted by Gasteiger charge is 2.40. The van der Waals surface area contributed by atoms with Gasteiger partial charge >= 0.3 is 0 Å². The number of hydrogen-bond acceptors (Lipinski definition) is 3. The zero-order valence-electron chi connectivity index (χ0n) is 14.5. The van der Waals surface area contributed by atoms with Crippen LogP contribution < -0.4 is 0 Å². The van der Waals surface area contributed by atoms with Crippen LogP contribution >= 0.6 is 11.6 Å². The molecule has 5 nitrogen and oxygen atoms in total. The highest BCUT2D eigenvalue weighted by Crippen LogP contribution is 2.28. The van der Waals surface area contributed by atoms with E-state index in [1.165, 1.54) is 16.4 Å². The fourth-order valence-electron chi connectivity index (χ4n) is 3.21. The molecule has 0 unspecified atom stereocenters. The van der Waals surface area contributed by atoms with E-state index in [0.717, 1.165) is 5.56 Å².